The molecule has 0 N–H and O–H groups in total. The first kappa shape index (κ1) is 10.9. The Bertz CT molecular complexity index is 545. The van der Waals surface area contributed by atoms with Crippen molar-refractivity contribution < 1.29 is 0 Å². The second kappa shape index (κ2) is 4.19. The van der Waals surface area contributed by atoms with Crippen LogP contribution in [0.1, 0.15) is 41.9 Å². The van der Waals surface area contributed by atoms with E-state index in [4.69, 9.17) is 11.6 Å². The minimum absolute atomic E-state index is 0.467. The van der Waals surface area contributed by atoms with E-state index >= 15 is 0 Å². The van der Waals surface area contributed by atoms with Crippen molar-refractivity contribution in [3.05, 3.63) is 70.2 Å². The van der Waals surface area contributed by atoms with E-state index in [1.165, 1.54) is 23.1 Å². The third-order valence-electron chi connectivity index (χ3n) is 3.77. The summed E-state index contributed by atoms with van der Waals surface area (Å²) in [7, 11) is 0. The molecule has 3 rings (SSSR count). The van der Waals surface area contributed by atoms with Gasteiger partial charge in [-0.3, -0.25) is 0 Å². The fourth-order valence-electron chi connectivity index (χ4n) is 2.94. The molecule has 86 valence electrons. The van der Waals surface area contributed by atoms with Crippen LogP contribution in [-0.4, -0.2) is 0 Å². The zero-order chi connectivity index (χ0) is 11.8. The lowest BCUT2D eigenvalue weighted by Gasteiger charge is -2.13. The number of benzene rings is 2. The highest BCUT2D eigenvalue weighted by atomic mass is 35.5. The molecule has 0 saturated heterocycles. The lowest BCUT2D eigenvalue weighted by atomic mass is 9.93. The minimum atomic E-state index is 0.467. The molecule has 0 radical (unpaired) electrons. The van der Waals surface area contributed by atoms with Gasteiger partial charge in [0.05, 0.1) is 0 Å². The van der Waals surface area contributed by atoms with Gasteiger partial charge < -0.3 is 0 Å². The third-order valence-corrected chi connectivity index (χ3v) is 4.12. The first-order valence-corrected chi connectivity index (χ1v) is 6.48. The molecule has 0 saturated carbocycles. The SMILES string of the molecule is CC1CC(c2ccccc2Cl)c2ccccc21. The number of rotatable bonds is 1. The van der Waals surface area contributed by atoms with Crippen LogP contribution in [0, 0.1) is 0 Å². The van der Waals surface area contributed by atoms with Crippen molar-refractivity contribution in [2.24, 2.45) is 0 Å². The largest absolute Gasteiger partial charge is 0.0840 e. The number of hydrogen-bond acceptors (Lipinski definition) is 0. The minimum Gasteiger partial charge on any atom is -0.0840 e. The fourth-order valence-corrected chi connectivity index (χ4v) is 3.20. The zero-order valence-electron chi connectivity index (χ0n) is 9.86. The summed E-state index contributed by atoms with van der Waals surface area (Å²) < 4.78 is 0. The molecule has 0 aromatic heterocycles. The molecular weight excluding hydrogens is 228 g/mol. The van der Waals surface area contributed by atoms with Crippen LogP contribution in [0.25, 0.3) is 0 Å². The molecular formula is C16H15Cl. The van der Waals surface area contributed by atoms with Crippen molar-refractivity contribution in [1.82, 2.24) is 0 Å². The molecule has 0 heterocycles. The van der Waals surface area contributed by atoms with Crippen LogP contribution in [-0.2, 0) is 0 Å². The maximum absolute atomic E-state index is 6.32. The Hall–Kier alpha value is -1.27. The molecule has 2 aromatic carbocycles. The van der Waals surface area contributed by atoms with Crippen LogP contribution in [0.4, 0.5) is 0 Å². The van der Waals surface area contributed by atoms with Crippen LogP contribution < -0.4 is 0 Å². The summed E-state index contributed by atoms with van der Waals surface area (Å²) in [5.74, 6) is 1.10. The molecule has 1 aliphatic rings. The number of halogens is 1. The number of fused-ring (bicyclic) bond motifs is 1. The third kappa shape index (κ3) is 1.77. The summed E-state index contributed by atoms with van der Waals surface area (Å²) in [6, 6.07) is 17.0. The maximum Gasteiger partial charge on any atom is 0.0444 e. The Kier molecular flexibility index (Phi) is 2.68. The van der Waals surface area contributed by atoms with Crippen molar-refractivity contribution in [2.45, 2.75) is 25.2 Å². The smallest absolute Gasteiger partial charge is 0.0444 e. The molecule has 17 heavy (non-hydrogen) atoms. The maximum atomic E-state index is 6.32. The highest BCUT2D eigenvalue weighted by Gasteiger charge is 2.29. The second-order valence-electron chi connectivity index (χ2n) is 4.84. The average Bonchev–Trinajstić information content (AvgIpc) is 2.68. The predicted octanol–water partition coefficient (Wildman–Crippen LogP) is 4.98. The van der Waals surface area contributed by atoms with Gasteiger partial charge in [-0.15, -0.1) is 0 Å². The molecule has 2 unspecified atom stereocenters. The Labute approximate surface area is 107 Å². The monoisotopic (exact) mass is 242 g/mol. The van der Waals surface area contributed by atoms with Gasteiger partial charge in [-0.1, -0.05) is 61.0 Å². The average molecular weight is 243 g/mol. The van der Waals surface area contributed by atoms with E-state index in [-0.39, 0.29) is 0 Å². The van der Waals surface area contributed by atoms with Crippen molar-refractivity contribution in [3.63, 3.8) is 0 Å². The summed E-state index contributed by atoms with van der Waals surface area (Å²) in [6.07, 6.45) is 1.17. The van der Waals surface area contributed by atoms with Crippen molar-refractivity contribution in [1.29, 1.82) is 0 Å². The van der Waals surface area contributed by atoms with Crippen LogP contribution in [0.15, 0.2) is 48.5 Å². The van der Waals surface area contributed by atoms with E-state index in [2.05, 4.69) is 43.3 Å². The zero-order valence-corrected chi connectivity index (χ0v) is 10.6. The normalized spacial score (nSPS) is 22.5. The standard InChI is InChI=1S/C16H15Cl/c1-11-10-15(13-7-3-2-6-12(11)13)14-8-4-5-9-16(14)17/h2-9,11,15H,10H2,1H3. The van der Waals surface area contributed by atoms with Gasteiger partial charge in [-0.05, 0) is 35.1 Å². The van der Waals surface area contributed by atoms with Crippen molar-refractivity contribution in [3.8, 4) is 0 Å². The highest BCUT2D eigenvalue weighted by molar-refractivity contribution is 6.31. The van der Waals surface area contributed by atoms with E-state index in [1.807, 2.05) is 12.1 Å². The molecule has 0 fully saturated rings. The first-order chi connectivity index (χ1) is 8.27. The van der Waals surface area contributed by atoms with Gasteiger partial charge in [0.1, 0.15) is 0 Å². The van der Waals surface area contributed by atoms with Gasteiger partial charge in [0.2, 0.25) is 0 Å². The first-order valence-electron chi connectivity index (χ1n) is 6.10. The van der Waals surface area contributed by atoms with E-state index in [0.717, 1.165) is 5.02 Å². The lowest BCUT2D eigenvalue weighted by molar-refractivity contribution is 0.686. The van der Waals surface area contributed by atoms with Crippen LogP contribution in [0.2, 0.25) is 5.02 Å². The van der Waals surface area contributed by atoms with Crippen LogP contribution >= 0.6 is 11.6 Å². The van der Waals surface area contributed by atoms with E-state index < -0.39 is 0 Å². The van der Waals surface area contributed by atoms with Crippen LogP contribution in [0.3, 0.4) is 0 Å². The Morgan fingerprint density at radius 1 is 0.882 bits per heavy atom. The molecule has 0 amide bonds. The molecule has 1 heteroatoms. The quantitative estimate of drug-likeness (QED) is 0.662. The highest BCUT2D eigenvalue weighted by Crippen LogP contribution is 2.46. The van der Waals surface area contributed by atoms with Crippen molar-refractivity contribution >= 4 is 11.6 Å². The molecule has 1 aliphatic carbocycles. The summed E-state index contributed by atoms with van der Waals surface area (Å²) in [4.78, 5) is 0. The molecule has 2 atom stereocenters. The van der Waals surface area contributed by atoms with Crippen molar-refractivity contribution in [2.75, 3.05) is 0 Å². The van der Waals surface area contributed by atoms with Gasteiger partial charge in [0, 0.05) is 10.9 Å². The second-order valence-corrected chi connectivity index (χ2v) is 5.25. The summed E-state index contributed by atoms with van der Waals surface area (Å²) >= 11 is 6.32. The molecule has 0 bridgehead atoms. The molecule has 0 spiro atoms. The van der Waals surface area contributed by atoms with E-state index in [0.29, 0.717) is 11.8 Å². The Morgan fingerprint density at radius 3 is 2.18 bits per heavy atom. The molecule has 0 aliphatic heterocycles. The predicted molar refractivity (Wildman–Crippen MR) is 72.8 cm³/mol. The molecule has 2 aromatic rings. The van der Waals surface area contributed by atoms with Gasteiger partial charge in [-0.2, -0.15) is 0 Å². The molecule has 0 nitrogen and oxygen atoms in total. The summed E-state index contributed by atoms with van der Waals surface area (Å²) in [6.45, 7) is 2.30. The van der Waals surface area contributed by atoms with Gasteiger partial charge >= 0.3 is 0 Å². The van der Waals surface area contributed by atoms with E-state index in [1.54, 1.807) is 0 Å². The van der Waals surface area contributed by atoms with E-state index in [9.17, 15) is 0 Å². The van der Waals surface area contributed by atoms with Gasteiger partial charge in [-0.25, -0.2) is 0 Å². The number of hydrogen-bond donors (Lipinski definition) is 0. The lowest BCUT2D eigenvalue weighted by Crippen LogP contribution is -1.96. The van der Waals surface area contributed by atoms with Gasteiger partial charge in [0.25, 0.3) is 0 Å². The Balaban J connectivity index is 2.11. The van der Waals surface area contributed by atoms with Gasteiger partial charge in [0.15, 0.2) is 0 Å². The topological polar surface area (TPSA) is 0 Å². The summed E-state index contributed by atoms with van der Waals surface area (Å²) in [5.41, 5.74) is 4.21. The Morgan fingerprint density at radius 2 is 1.47 bits per heavy atom. The fraction of sp³-hybridized carbons (Fsp3) is 0.250. The summed E-state index contributed by atoms with van der Waals surface area (Å²) in [5, 5.41) is 0.890. The van der Waals surface area contributed by atoms with Crippen LogP contribution in [0.5, 0.6) is 0 Å².